The predicted octanol–water partition coefficient (Wildman–Crippen LogP) is 2.25. The van der Waals surface area contributed by atoms with Crippen LogP contribution in [0.25, 0.3) is 0 Å². The predicted molar refractivity (Wildman–Crippen MR) is 47.9 cm³/mol. The maximum Gasteiger partial charge on any atom is 0.141 e. The van der Waals surface area contributed by atoms with Crippen LogP contribution in [0.15, 0.2) is 22.7 Å². The summed E-state index contributed by atoms with van der Waals surface area (Å²) < 4.78 is 13.0. The summed E-state index contributed by atoms with van der Waals surface area (Å²) in [6, 6.07) is 3.96. The molecular formula is C9H6BrFO. The van der Waals surface area contributed by atoms with E-state index in [4.69, 9.17) is 6.42 Å². The Kier molecular flexibility index (Phi) is 2.85. The molecule has 1 nitrogen and oxygen atoms in total. The van der Waals surface area contributed by atoms with E-state index in [9.17, 15) is 9.50 Å². The van der Waals surface area contributed by atoms with E-state index in [1.54, 1.807) is 0 Å². The second-order valence-corrected chi connectivity index (χ2v) is 3.09. The Morgan fingerprint density at radius 2 is 2.25 bits per heavy atom. The first-order chi connectivity index (χ1) is 5.65. The molecule has 0 saturated carbocycles. The smallest absolute Gasteiger partial charge is 0.141 e. The number of hydrogen-bond acceptors (Lipinski definition) is 1. The van der Waals surface area contributed by atoms with Crippen molar-refractivity contribution >= 4 is 15.9 Å². The van der Waals surface area contributed by atoms with Crippen molar-refractivity contribution in [2.24, 2.45) is 0 Å². The minimum Gasteiger partial charge on any atom is -0.376 e. The molecule has 12 heavy (non-hydrogen) atoms. The fourth-order valence-electron chi connectivity index (χ4n) is 0.813. The first kappa shape index (κ1) is 9.24. The molecule has 0 aliphatic rings. The maximum atomic E-state index is 12.6. The van der Waals surface area contributed by atoms with Crippen LogP contribution in [0.5, 0.6) is 0 Å². The van der Waals surface area contributed by atoms with Crippen molar-refractivity contribution < 1.29 is 9.50 Å². The summed E-state index contributed by atoms with van der Waals surface area (Å²) in [5, 5.41) is 9.21. The van der Waals surface area contributed by atoms with Crippen LogP contribution in [0.2, 0.25) is 0 Å². The molecule has 0 saturated heterocycles. The average Bonchev–Trinajstić information content (AvgIpc) is 2.03. The van der Waals surface area contributed by atoms with Gasteiger partial charge in [-0.3, -0.25) is 0 Å². The number of hydrogen-bond donors (Lipinski definition) is 1. The second-order valence-electron chi connectivity index (χ2n) is 2.24. The molecule has 1 unspecified atom stereocenters. The van der Waals surface area contributed by atoms with Crippen LogP contribution < -0.4 is 0 Å². The van der Waals surface area contributed by atoms with Crippen LogP contribution in [0.1, 0.15) is 11.7 Å². The molecule has 62 valence electrons. The van der Waals surface area contributed by atoms with E-state index < -0.39 is 6.10 Å². The van der Waals surface area contributed by atoms with Crippen molar-refractivity contribution in [2.75, 3.05) is 0 Å². The molecule has 0 radical (unpaired) electrons. The largest absolute Gasteiger partial charge is 0.376 e. The van der Waals surface area contributed by atoms with Gasteiger partial charge in [0.15, 0.2) is 0 Å². The van der Waals surface area contributed by atoms with Crippen molar-refractivity contribution in [3.8, 4) is 12.3 Å². The summed E-state index contributed by atoms with van der Waals surface area (Å²) in [5.74, 6) is 1.78. The van der Waals surface area contributed by atoms with Crippen molar-refractivity contribution in [3.05, 3.63) is 34.1 Å². The highest BCUT2D eigenvalue weighted by Gasteiger charge is 2.07. The van der Waals surface area contributed by atoms with Gasteiger partial charge in [-0.15, -0.1) is 6.42 Å². The zero-order valence-corrected chi connectivity index (χ0v) is 7.68. The lowest BCUT2D eigenvalue weighted by molar-refractivity contribution is 0.237. The van der Waals surface area contributed by atoms with Crippen molar-refractivity contribution in [1.29, 1.82) is 0 Å². The van der Waals surface area contributed by atoms with Crippen molar-refractivity contribution in [3.63, 3.8) is 0 Å². The Morgan fingerprint density at radius 3 is 2.75 bits per heavy atom. The van der Waals surface area contributed by atoms with E-state index in [2.05, 4.69) is 21.9 Å². The maximum absolute atomic E-state index is 12.6. The van der Waals surface area contributed by atoms with Gasteiger partial charge in [0.2, 0.25) is 0 Å². The van der Waals surface area contributed by atoms with Gasteiger partial charge in [-0.05, 0) is 12.1 Å². The molecule has 1 N–H and O–H groups in total. The SMILES string of the molecule is C#CC(O)c1ccc(F)cc1Br. The summed E-state index contributed by atoms with van der Waals surface area (Å²) >= 11 is 3.09. The van der Waals surface area contributed by atoms with Gasteiger partial charge in [0.05, 0.1) is 0 Å². The number of aliphatic hydroxyl groups excluding tert-OH is 1. The van der Waals surface area contributed by atoms with E-state index in [-0.39, 0.29) is 5.82 Å². The van der Waals surface area contributed by atoms with Gasteiger partial charge in [0.25, 0.3) is 0 Å². The first-order valence-corrected chi connectivity index (χ1v) is 4.03. The lowest BCUT2D eigenvalue weighted by Crippen LogP contribution is -1.94. The minimum atomic E-state index is -0.986. The molecule has 1 aromatic carbocycles. The summed E-state index contributed by atoms with van der Waals surface area (Å²) in [5.41, 5.74) is 0.499. The molecule has 0 fully saturated rings. The van der Waals surface area contributed by atoms with Gasteiger partial charge < -0.3 is 5.11 Å². The molecule has 3 heteroatoms. The monoisotopic (exact) mass is 228 g/mol. The highest BCUT2D eigenvalue weighted by Crippen LogP contribution is 2.23. The van der Waals surface area contributed by atoms with Crippen LogP contribution in [0.4, 0.5) is 4.39 Å². The number of rotatable bonds is 1. The highest BCUT2D eigenvalue weighted by atomic mass is 79.9. The number of aliphatic hydroxyl groups is 1. The molecule has 0 bridgehead atoms. The molecule has 0 amide bonds. The topological polar surface area (TPSA) is 20.2 Å². The molecule has 1 rings (SSSR count). The summed E-state index contributed by atoms with van der Waals surface area (Å²) in [6.45, 7) is 0. The van der Waals surface area contributed by atoms with Crippen molar-refractivity contribution in [2.45, 2.75) is 6.10 Å². The molecule has 0 spiro atoms. The van der Waals surface area contributed by atoms with E-state index in [0.29, 0.717) is 10.0 Å². The average molecular weight is 229 g/mol. The van der Waals surface area contributed by atoms with Gasteiger partial charge in [-0.25, -0.2) is 4.39 Å². The molecule has 1 aromatic rings. The quantitative estimate of drug-likeness (QED) is 0.732. The van der Waals surface area contributed by atoms with Gasteiger partial charge in [-0.1, -0.05) is 27.9 Å². The Morgan fingerprint density at radius 1 is 1.58 bits per heavy atom. The normalized spacial score (nSPS) is 12.2. The van der Waals surface area contributed by atoms with E-state index in [1.165, 1.54) is 18.2 Å². The summed E-state index contributed by atoms with van der Waals surface area (Å²) in [4.78, 5) is 0. The van der Waals surface area contributed by atoms with Crippen LogP contribution in [0.3, 0.4) is 0 Å². The molecule has 0 aliphatic heterocycles. The molecular weight excluding hydrogens is 223 g/mol. The highest BCUT2D eigenvalue weighted by molar-refractivity contribution is 9.10. The van der Waals surface area contributed by atoms with Crippen LogP contribution in [-0.2, 0) is 0 Å². The first-order valence-electron chi connectivity index (χ1n) is 3.24. The van der Waals surface area contributed by atoms with E-state index in [1.807, 2.05) is 0 Å². The molecule has 0 aromatic heterocycles. The van der Waals surface area contributed by atoms with Crippen LogP contribution in [0, 0.1) is 18.2 Å². The fraction of sp³-hybridized carbons (Fsp3) is 0.111. The molecule has 1 atom stereocenters. The Hall–Kier alpha value is -0.850. The van der Waals surface area contributed by atoms with Crippen molar-refractivity contribution in [1.82, 2.24) is 0 Å². The lowest BCUT2D eigenvalue weighted by atomic mass is 10.1. The fourth-order valence-corrected chi connectivity index (χ4v) is 1.38. The zero-order valence-electron chi connectivity index (χ0n) is 6.09. The summed E-state index contributed by atoms with van der Waals surface area (Å²) in [6.07, 6.45) is 4.01. The van der Waals surface area contributed by atoms with E-state index >= 15 is 0 Å². The summed E-state index contributed by atoms with van der Waals surface area (Å²) in [7, 11) is 0. The van der Waals surface area contributed by atoms with Gasteiger partial charge in [0, 0.05) is 10.0 Å². The standard InChI is InChI=1S/C9H6BrFO/c1-2-9(12)7-4-3-6(11)5-8(7)10/h1,3-5,9,12H. The number of terminal acetylenes is 1. The van der Waals surface area contributed by atoms with Gasteiger partial charge in [-0.2, -0.15) is 0 Å². The molecule has 0 aliphatic carbocycles. The van der Waals surface area contributed by atoms with Crippen LogP contribution in [-0.4, -0.2) is 5.11 Å². The third-order valence-electron chi connectivity index (χ3n) is 1.41. The Balaban J connectivity index is 3.11. The lowest BCUT2D eigenvalue weighted by Gasteiger charge is -2.05. The van der Waals surface area contributed by atoms with Gasteiger partial charge >= 0.3 is 0 Å². The minimum absolute atomic E-state index is 0.366. The number of benzene rings is 1. The second kappa shape index (κ2) is 3.70. The van der Waals surface area contributed by atoms with E-state index in [0.717, 1.165) is 0 Å². The Bertz CT molecular complexity index is 330. The Labute approximate surface area is 78.4 Å². The molecule has 0 heterocycles. The van der Waals surface area contributed by atoms with Crippen LogP contribution >= 0.6 is 15.9 Å². The third-order valence-corrected chi connectivity index (χ3v) is 2.10. The zero-order chi connectivity index (χ0) is 9.14. The van der Waals surface area contributed by atoms with Gasteiger partial charge in [0.1, 0.15) is 11.9 Å². The third kappa shape index (κ3) is 1.84. The number of halogens is 2.